The van der Waals surface area contributed by atoms with Gasteiger partial charge in [0, 0.05) is 17.6 Å². The number of aryl methyl sites for hydroxylation is 1. The molecule has 0 aliphatic rings. The number of nitrogens with zero attached hydrogens (tertiary/aromatic N) is 2. The van der Waals surface area contributed by atoms with Crippen molar-refractivity contribution in [2.45, 2.75) is 20.0 Å². The molecule has 2 aromatic heterocycles. The zero-order valence-corrected chi connectivity index (χ0v) is 14.6. The second kappa shape index (κ2) is 7.22. The van der Waals surface area contributed by atoms with E-state index in [0.29, 0.717) is 16.7 Å². The van der Waals surface area contributed by atoms with Crippen molar-refractivity contribution in [3.63, 3.8) is 0 Å². The predicted octanol–water partition coefficient (Wildman–Crippen LogP) is 4.88. The highest BCUT2D eigenvalue weighted by atomic mass is 19.4. The molecule has 0 radical (unpaired) electrons. The summed E-state index contributed by atoms with van der Waals surface area (Å²) in [6.07, 6.45) is -3.15. The number of anilines is 2. The molecular formula is C19H16F3N3O2. The van der Waals surface area contributed by atoms with Gasteiger partial charge in [-0.25, -0.2) is 9.78 Å². The minimum absolute atomic E-state index is 0.0971. The number of carbonyl (C=O) groups excluding carboxylic acids is 1. The van der Waals surface area contributed by atoms with Gasteiger partial charge in [0.05, 0.1) is 23.4 Å². The number of pyridine rings is 2. The Morgan fingerprint density at radius 1 is 1.22 bits per heavy atom. The van der Waals surface area contributed by atoms with E-state index in [1.807, 2.05) is 0 Å². The van der Waals surface area contributed by atoms with Gasteiger partial charge in [0.2, 0.25) is 0 Å². The van der Waals surface area contributed by atoms with Crippen LogP contribution in [-0.2, 0) is 10.9 Å². The van der Waals surface area contributed by atoms with Crippen LogP contribution in [0.15, 0.2) is 42.6 Å². The van der Waals surface area contributed by atoms with Crippen molar-refractivity contribution >= 4 is 28.4 Å². The molecular weight excluding hydrogens is 359 g/mol. The van der Waals surface area contributed by atoms with Crippen LogP contribution in [0, 0.1) is 6.92 Å². The summed E-state index contributed by atoms with van der Waals surface area (Å²) in [4.78, 5) is 20.9. The molecule has 5 nitrogen and oxygen atoms in total. The Hall–Kier alpha value is -3.16. The maximum Gasteiger partial charge on any atom is 0.416 e. The molecule has 1 aromatic carbocycles. The van der Waals surface area contributed by atoms with Crippen LogP contribution in [0.2, 0.25) is 0 Å². The Kier molecular flexibility index (Phi) is 4.98. The molecule has 0 bridgehead atoms. The number of benzene rings is 1. The molecule has 140 valence electrons. The minimum Gasteiger partial charge on any atom is -0.462 e. The quantitative estimate of drug-likeness (QED) is 0.659. The van der Waals surface area contributed by atoms with Gasteiger partial charge in [0.1, 0.15) is 11.1 Å². The number of aromatic nitrogens is 2. The van der Waals surface area contributed by atoms with E-state index in [0.717, 1.165) is 12.1 Å². The molecule has 0 aliphatic heterocycles. The number of hydrogen-bond acceptors (Lipinski definition) is 5. The lowest BCUT2D eigenvalue weighted by molar-refractivity contribution is -0.137. The maximum absolute atomic E-state index is 13.0. The Bertz CT molecular complexity index is 1000. The molecule has 3 aromatic rings. The number of ether oxygens (including phenoxy) is 1. The topological polar surface area (TPSA) is 64.1 Å². The molecule has 0 fully saturated rings. The van der Waals surface area contributed by atoms with E-state index in [1.54, 1.807) is 26.0 Å². The van der Waals surface area contributed by atoms with Crippen LogP contribution in [0.4, 0.5) is 24.5 Å². The van der Waals surface area contributed by atoms with Gasteiger partial charge in [-0.2, -0.15) is 13.2 Å². The normalized spacial score (nSPS) is 11.4. The Labute approximate surface area is 153 Å². The number of rotatable bonds is 4. The fraction of sp³-hybridized carbons (Fsp3) is 0.211. The Balaban J connectivity index is 2.15. The number of halogens is 3. The average molecular weight is 375 g/mol. The highest BCUT2D eigenvalue weighted by molar-refractivity contribution is 6.04. The van der Waals surface area contributed by atoms with Crippen molar-refractivity contribution in [3.05, 3.63) is 59.4 Å². The van der Waals surface area contributed by atoms with Gasteiger partial charge in [0.25, 0.3) is 0 Å². The van der Waals surface area contributed by atoms with Crippen LogP contribution >= 0.6 is 0 Å². The SMILES string of the molecule is CCOC(=O)c1cnc2ccc(C)nc2c1Nc1cccc(C(F)(F)F)c1. The summed E-state index contributed by atoms with van der Waals surface area (Å²) in [5.41, 5.74) is 1.28. The van der Waals surface area contributed by atoms with Gasteiger partial charge in [-0.3, -0.25) is 4.98 Å². The number of carbonyl (C=O) groups is 1. The molecule has 8 heteroatoms. The van der Waals surface area contributed by atoms with Crippen molar-refractivity contribution in [2.24, 2.45) is 0 Å². The summed E-state index contributed by atoms with van der Waals surface area (Å²) in [7, 11) is 0. The number of nitrogens with one attached hydrogen (secondary N) is 1. The molecule has 27 heavy (non-hydrogen) atoms. The molecule has 0 spiro atoms. The number of hydrogen-bond donors (Lipinski definition) is 1. The number of esters is 1. The Morgan fingerprint density at radius 2 is 2.00 bits per heavy atom. The van der Waals surface area contributed by atoms with E-state index >= 15 is 0 Å². The standard InChI is InChI=1S/C19H16F3N3O2/c1-3-27-18(26)14-10-23-15-8-7-11(2)24-17(15)16(14)25-13-6-4-5-12(9-13)19(20,21)22/h4-10H,3H2,1-2H3,(H,23,25). The lowest BCUT2D eigenvalue weighted by atomic mass is 10.1. The van der Waals surface area contributed by atoms with E-state index < -0.39 is 17.7 Å². The third kappa shape index (κ3) is 3.99. The first-order valence-corrected chi connectivity index (χ1v) is 8.17. The second-order valence-electron chi connectivity index (χ2n) is 5.79. The minimum atomic E-state index is -4.48. The van der Waals surface area contributed by atoms with E-state index in [1.165, 1.54) is 18.3 Å². The van der Waals surface area contributed by atoms with Gasteiger partial charge in [0.15, 0.2) is 0 Å². The van der Waals surface area contributed by atoms with E-state index in [2.05, 4.69) is 15.3 Å². The molecule has 3 rings (SSSR count). The summed E-state index contributed by atoms with van der Waals surface area (Å²) in [5, 5.41) is 2.89. The molecule has 0 unspecified atom stereocenters. The molecule has 0 saturated carbocycles. The summed E-state index contributed by atoms with van der Waals surface area (Å²) in [6, 6.07) is 8.20. The predicted molar refractivity (Wildman–Crippen MR) is 95.0 cm³/mol. The highest BCUT2D eigenvalue weighted by Gasteiger charge is 2.30. The van der Waals surface area contributed by atoms with Gasteiger partial charge in [-0.05, 0) is 44.2 Å². The molecule has 0 atom stereocenters. The number of alkyl halides is 3. The maximum atomic E-state index is 13.0. The van der Waals surface area contributed by atoms with Crippen LogP contribution in [0.3, 0.4) is 0 Å². The second-order valence-corrected chi connectivity index (χ2v) is 5.79. The number of fused-ring (bicyclic) bond motifs is 1. The van der Waals surface area contributed by atoms with Crippen molar-refractivity contribution in [1.29, 1.82) is 0 Å². The largest absolute Gasteiger partial charge is 0.462 e. The fourth-order valence-corrected chi connectivity index (χ4v) is 2.57. The third-order valence-corrected chi connectivity index (χ3v) is 3.81. The summed E-state index contributed by atoms with van der Waals surface area (Å²) in [6.45, 7) is 3.58. The smallest absolute Gasteiger partial charge is 0.416 e. The average Bonchev–Trinajstić information content (AvgIpc) is 2.62. The van der Waals surface area contributed by atoms with Crippen LogP contribution in [0.1, 0.15) is 28.5 Å². The zero-order chi connectivity index (χ0) is 19.6. The molecule has 0 saturated heterocycles. The van der Waals surface area contributed by atoms with Crippen molar-refractivity contribution in [3.8, 4) is 0 Å². The molecule has 1 N–H and O–H groups in total. The zero-order valence-electron chi connectivity index (χ0n) is 14.6. The van der Waals surface area contributed by atoms with E-state index in [4.69, 9.17) is 4.74 Å². The lowest BCUT2D eigenvalue weighted by Crippen LogP contribution is -2.10. The summed E-state index contributed by atoms with van der Waals surface area (Å²) in [5.74, 6) is -0.635. The monoisotopic (exact) mass is 375 g/mol. The van der Waals surface area contributed by atoms with E-state index in [9.17, 15) is 18.0 Å². The van der Waals surface area contributed by atoms with Crippen LogP contribution in [-0.4, -0.2) is 22.5 Å². The summed E-state index contributed by atoms with van der Waals surface area (Å²) >= 11 is 0. The van der Waals surface area contributed by atoms with Gasteiger partial charge in [-0.1, -0.05) is 6.07 Å². The van der Waals surface area contributed by atoms with Crippen LogP contribution in [0.5, 0.6) is 0 Å². The van der Waals surface area contributed by atoms with Gasteiger partial charge < -0.3 is 10.1 Å². The molecule has 0 amide bonds. The third-order valence-electron chi connectivity index (χ3n) is 3.81. The molecule has 0 aliphatic carbocycles. The first kappa shape index (κ1) is 18.6. The highest BCUT2D eigenvalue weighted by Crippen LogP contribution is 2.33. The van der Waals surface area contributed by atoms with Crippen LogP contribution < -0.4 is 5.32 Å². The van der Waals surface area contributed by atoms with Gasteiger partial charge in [-0.15, -0.1) is 0 Å². The van der Waals surface area contributed by atoms with Gasteiger partial charge >= 0.3 is 12.1 Å². The molecule has 2 heterocycles. The van der Waals surface area contributed by atoms with E-state index in [-0.39, 0.29) is 23.5 Å². The first-order chi connectivity index (χ1) is 12.8. The summed E-state index contributed by atoms with van der Waals surface area (Å²) < 4.78 is 44.0. The Morgan fingerprint density at radius 3 is 2.70 bits per heavy atom. The lowest BCUT2D eigenvalue weighted by Gasteiger charge is -2.15. The van der Waals surface area contributed by atoms with Crippen molar-refractivity contribution in [1.82, 2.24) is 9.97 Å². The fourth-order valence-electron chi connectivity index (χ4n) is 2.57. The first-order valence-electron chi connectivity index (χ1n) is 8.17. The van der Waals surface area contributed by atoms with Crippen molar-refractivity contribution in [2.75, 3.05) is 11.9 Å². The van der Waals surface area contributed by atoms with Crippen LogP contribution in [0.25, 0.3) is 11.0 Å². The van der Waals surface area contributed by atoms with Crippen molar-refractivity contribution < 1.29 is 22.7 Å².